The molecule has 0 radical (unpaired) electrons. The minimum absolute atomic E-state index is 0. The van der Waals surface area contributed by atoms with Gasteiger partial charge in [0, 0.05) is 55.6 Å². The third-order valence-electron chi connectivity index (χ3n) is 6.52. The van der Waals surface area contributed by atoms with Crippen molar-refractivity contribution in [2.75, 3.05) is 37.1 Å². The summed E-state index contributed by atoms with van der Waals surface area (Å²) in [6.45, 7) is 2.36. The maximum absolute atomic E-state index is 14.2. The molecule has 3 aromatic rings. The number of carbonyl (C=O) groups is 2. The molecule has 4 rings (SSSR count). The van der Waals surface area contributed by atoms with Crippen LogP contribution < -0.4 is 16.4 Å². The van der Waals surface area contributed by atoms with E-state index in [1.807, 2.05) is 43.3 Å². The lowest BCUT2D eigenvalue weighted by Crippen LogP contribution is -2.67. The van der Waals surface area contributed by atoms with Gasteiger partial charge in [0.05, 0.1) is 5.69 Å². The zero-order valence-electron chi connectivity index (χ0n) is 21.8. The number of nitrogens with zero attached hydrogens (tertiary/aromatic N) is 3. The van der Waals surface area contributed by atoms with Crippen molar-refractivity contribution in [3.63, 3.8) is 0 Å². The number of carboxylic acid groups (broad SMARTS) is 1. The Balaban J connectivity index is 0.00000420. The molecule has 0 saturated carbocycles. The van der Waals surface area contributed by atoms with Crippen molar-refractivity contribution in [1.82, 2.24) is 9.97 Å². The number of hydrogen-bond acceptors (Lipinski definition) is 9. The first-order valence-electron chi connectivity index (χ1n) is 12.0. The fraction of sp³-hybridized carbons (Fsp3) is 0.286. The van der Waals surface area contributed by atoms with Crippen LogP contribution in [0.3, 0.4) is 0 Å². The van der Waals surface area contributed by atoms with Crippen molar-refractivity contribution in [2.45, 2.75) is 31.6 Å². The number of benzene rings is 2. The van der Waals surface area contributed by atoms with Crippen LogP contribution in [0, 0.1) is 11.8 Å². The molecule has 0 saturated heterocycles. The molecule has 1 aliphatic heterocycles. The molecule has 11 heteroatoms. The predicted octanol–water partition coefficient (Wildman–Crippen LogP) is 2.91. The topological polar surface area (TPSA) is 154 Å². The van der Waals surface area contributed by atoms with E-state index in [0.717, 1.165) is 5.56 Å². The summed E-state index contributed by atoms with van der Waals surface area (Å²) in [5.74, 6) is 4.24. The van der Waals surface area contributed by atoms with Gasteiger partial charge in [-0.3, -0.25) is 4.79 Å². The Hall–Kier alpha value is -4.17. The van der Waals surface area contributed by atoms with E-state index in [4.69, 9.17) is 20.9 Å². The summed E-state index contributed by atoms with van der Waals surface area (Å²) in [6.07, 6.45) is 1.07. The van der Waals surface area contributed by atoms with E-state index in [2.05, 4.69) is 21.8 Å². The Kier molecular flexibility index (Phi) is 9.14. The molecule has 0 aliphatic carbocycles. The van der Waals surface area contributed by atoms with Gasteiger partial charge < -0.3 is 30.9 Å². The van der Waals surface area contributed by atoms with E-state index >= 15 is 0 Å². The van der Waals surface area contributed by atoms with Crippen molar-refractivity contribution in [3.05, 3.63) is 76.5 Å². The molecule has 204 valence electrons. The van der Waals surface area contributed by atoms with Gasteiger partial charge in [0.1, 0.15) is 5.82 Å². The van der Waals surface area contributed by atoms with Crippen LogP contribution >= 0.6 is 12.4 Å². The van der Waals surface area contributed by atoms with Crippen molar-refractivity contribution in [1.29, 1.82) is 0 Å². The molecular weight excluding hydrogens is 522 g/mol. The summed E-state index contributed by atoms with van der Waals surface area (Å²) in [5.41, 5.74) is 12.5. The summed E-state index contributed by atoms with van der Waals surface area (Å²) < 4.78 is 11.1. The largest absolute Gasteiger partial charge is 0.479 e. The van der Waals surface area contributed by atoms with Crippen LogP contribution in [-0.2, 0) is 20.7 Å². The number of halogens is 1. The third-order valence-corrected chi connectivity index (χ3v) is 6.52. The molecule has 0 fully saturated rings. The zero-order valence-corrected chi connectivity index (χ0v) is 22.6. The van der Waals surface area contributed by atoms with Crippen LogP contribution in [0.2, 0.25) is 0 Å². The van der Waals surface area contributed by atoms with Crippen molar-refractivity contribution in [3.8, 4) is 11.8 Å². The van der Waals surface area contributed by atoms with Crippen LogP contribution in [0.25, 0.3) is 0 Å². The Morgan fingerprint density at radius 2 is 1.87 bits per heavy atom. The highest BCUT2D eigenvalue weighted by molar-refractivity contribution is 6.21. The van der Waals surface area contributed by atoms with Gasteiger partial charge in [0.25, 0.3) is 5.60 Å². The number of Topliss-reactive ketones (excluding diaryl/α,β-unsaturated/α-hetero) is 1. The molecule has 0 bridgehead atoms. The molecule has 10 nitrogen and oxygen atoms in total. The summed E-state index contributed by atoms with van der Waals surface area (Å²) >= 11 is 0. The van der Waals surface area contributed by atoms with E-state index in [9.17, 15) is 14.7 Å². The highest BCUT2D eigenvalue weighted by Gasteiger charge is 2.60. The Labute approximate surface area is 232 Å². The molecule has 2 atom stereocenters. The van der Waals surface area contributed by atoms with Gasteiger partial charge in [-0.1, -0.05) is 37.0 Å². The van der Waals surface area contributed by atoms with Crippen LogP contribution in [0.5, 0.6) is 0 Å². The molecule has 1 aliphatic rings. The minimum atomic E-state index is -2.31. The van der Waals surface area contributed by atoms with E-state index in [0.29, 0.717) is 35.3 Å². The third kappa shape index (κ3) is 5.25. The molecule has 0 amide bonds. The number of hydrogen-bond donors (Lipinski definition) is 3. The highest BCUT2D eigenvalue weighted by atomic mass is 35.5. The molecule has 2 aromatic carbocycles. The molecule has 2 unspecified atom stereocenters. The SMILES string of the molecule is CCCN1c2ccc(C#Cc3ccccc3)c(Cc3cnc(N)nc3N)c2C(=O)C(OC)(C(=O)O)C1OC.Cl. The molecule has 2 heterocycles. The average molecular weight is 552 g/mol. The van der Waals surface area contributed by atoms with Gasteiger partial charge in [-0.15, -0.1) is 12.4 Å². The number of fused-ring (bicyclic) bond motifs is 1. The van der Waals surface area contributed by atoms with Gasteiger partial charge >= 0.3 is 5.97 Å². The average Bonchev–Trinajstić information content (AvgIpc) is 2.91. The summed E-state index contributed by atoms with van der Waals surface area (Å²) in [4.78, 5) is 36.7. The van der Waals surface area contributed by atoms with E-state index in [1.165, 1.54) is 20.4 Å². The van der Waals surface area contributed by atoms with Crippen LogP contribution in [0.1, 0.15) is 46.0 Å². The van der Waals surface area contributed by atoms with Crippen LogP contribution in [0.15, 0.2) is 48.7 Å². The molecular formula is C28H30ClN5O5. The molecule has 1 aromatic heterocycles. The quantitative estimate of drug-likeness (QED) is 0.295. The van der Waals surface area contributed by atoms with E-state index < -0.39 is 23.6 Å². The van der Waals surface area contributed by atoms with Crippen molar-refractivity contribution < 1.29 is 24.2 Å². The Morgan fingerprint density at radius 3 is 2.46 bits per heavy atom. The van der Waals surface area contributed by atoms with E-state index in [-0.39, 0.29) is 36.2 Å². The molecule has 39 heavy (non-hydrogen) atoms. The normalized spacial score (nSPS) is 18.0. The summed E-state index contributed by atoms with van der Waals surface area (Å²) in [6, 6.07) is 13.0. The lowest BCUT2D eigenvalue weighted by atomic mass is 9.80. The number of ether oxygens (including phenoxy) is 2. The molecule has 5 N–H and O–H groups in total. The number of aromatic nitrogens is 2. The van der Waals surface area contributed by atoms with Crippen LogP contribution in [-0.4, -0.2) is 59.4 Å². The number of rotatable bonds is 7. The van der Waals surface area contributed by atoms with Crippen molar-refractivity contribution in [2.24, 2.45) is 0 Å². The highest BCUT2D eigenvalue weighted by Crippen LogP contribution is 2.42. The standard InChI is InChI=1S/C28H29N5O5.ClH/c1-4-14-33-21-13-12-18(11-10-17-8-6-5-7-9-17)20(15-19-16-31-27(30)32-24(19)29)22(21)23(34)28(38-3,26(35)36)25(33)37-2;/h5-9,12-13,16,25H,4,14-15H2,1-3H3,(H,35,36)(H4,29,30,31,32);1H. The fourth-order valence-corrected chi connectivity index (χ4v) is 4.75. The van der Waals surface area contributed by atoms with Gasteiger partial charge in [0.15, 0.2) is 6.23 Å². The van der Waals surface area contributed by atoms with Gasteiger partial charge in [-0.25, -0.2) is 9.78 Å². The number of carboxylic acids is 1. The number of aliphatic carboxylic acids is 1. The lowest BCUT2D eigenvalue weighted by molar-refractivity contribution is -0.171. The van der Waals surface area contributed by atoms with Gasteiger partial charge in [-0.2, -0.15) is 4.98 Å². The maximum Gasteiger partial charge on any atom is 0.349 e. The Bertz CT molecular complexity index is 1440. The fourth-order valence-electron chi connectivity index (χ4n) is 4.75. The minimum Gasteiger partial charge on any atom is -0.479 e. The monoisotopic (exact) mass is 551 g/mol. The number of ketones is 1. The van der Waals surface area contributed by atoms with Gasteiger partial charge in [-0.05, 0) is 36.2 Å². The first kappa shape index (κ1) is 29.4. The maximum atomic E-state index is 14.2. The van der Waals surface area contributed by atoms with Gasteiger partial charge in [0.2, 0.25) is 11.7 Å². The van der Waals surface area contributed by atoms with Crippen molar-refractivity contribution >= 4 is 41.6 Å². The second-order valence-electron chi connectivity index (χ2n) is 8.77. The smallest absolute Gasteiger partial charge is 0.349 e. The van der Waals surface area contributed by atoms with E-state index in [1.54, 1.807) is 11.0 Å². The zero-order chi connectivity index (χ0) is 27.4. The second-order valence-corrected chi connectivity index (χ2v) is 8.77. The summed E-state index contributed by atoms with van der Waals surface area (Å²) in [7, 11) is 2.55. The number of methoxy groups -OCH3 is 2. The number of nitrogen functional groups attached to an aromatic ring is 2. The predicted molar refractivity (Wildman–Crippen MR) is 150 cm³/mol. The second kappa shape index (κ2) is 12.1. The first-order chi connectivity index (χ1) is 18.3. The number of carbonyl (C=O) groups excluding carboxylic acids is 1. The summed E-state index contributed by atoms with van der Waals surface area (Å²) in [5, 5.41) is 10.3. The number of nitrogens with two attached hydrogens (primary N) is 2. The Morgan fingerprint density at radius 1 is 1.15 bits per heavy atom. The first-order valence-corrected chi connectivity index (χ1v) is 12.0. The number of anilines is 3. The lowest BCUT2D eigenvalue weighted by Gasteiger charge is -2.46. The van der Waals surface area contributed by atoms with Crippen LogP contribution in [0.4, 0.5) is 17.5 Å². The molecule has 0 spiro atoms.